The Morgan fingerprint density at radius 2 is 1.93 bits per heavy atom. The number of aliphatic hydroxyl groups excluding tert-OH is 1. The predicted octanol–water partition coefficient (Wildman–Crippen LogP) is 3.99. The van der Waals surface area contributed by atoms with Crippen LogP contribution in [0.25, 0.3) is 0 Å². The van der Waals surface area contributed by atoms with Gasteiger partial charge >= 0.3 is 12.2 Å². The Balaban J connectivity index is 1.75. The van der Waals surface area contributed by atoms with Gasteiger partial charge < -0.3 is 20.5 Å². The number of amides is 2. The molecule has 0 saturated heterocycles. The maximum absolute atomic E-state index is 12.6. The number of hydrogen-bond donors (Lipinski definition) is 3. The van der Waals surface area contributed by atoms with Gasteiger partial charge in [0.05, 0.1) is 5.56 Å². The number of urea groups is 1. The molecule has 0 bridgehead atoms. The molecule has 1 unspecified atom stereocenters. The number of thioether (sulfide) groups is 1. The van der Waals surface area contributed by atoms with Crippen LogP contribution >= 0.6 is 11.8 Å². The molecule has 2 rings (SSSR count). The Labute approximate surface area is 158 Å². The van der Waals surface area contributed by atoms with Crippen molar-refractivity contribution in [1.29, 1.82) is 0 Å². The molecule has 0 aliphatic carbocycles. The first-order chi connectivity index (χ1) is 12.8. The third kappa shape index (κ3) is 7.03. The maximum Gasteiger partial charge on any atom is 0.416 e. The van der Waals surface area contributed by atoms with E-state index in [9.17, 15) is 23.1 Å². The molecule has 0 heterocycles. The first-order valence-electron chi connectivity index (χ1n) is 7.95. The van der Waals surface area contributed by atoms with Crippen molar-refractivity contribution in [1.82, 2.24) is 5.32 Å². The van der Waals surface area contributed by atoms with Gasteiger partial charge in [0.1, 0.15) is 18.5 Å². The monoisotopic (exact) mass is 400 g/mol. The summed E-state index contributed by atoms with van der Waals surface area (Å²) in [7, 11) is 0. The highest BCUT2D eigenvalue weighted by atomic mass is 32.2. The molecule has 146 valence electrons. The molecular weight excluding hydrogens is 381 g/mol. The molecular formula is C18H19F3N2O3S. The van der Waals surface area contributed by atoms with Crippen LogP contribution in [0.4, 0.5) is 23.7 Å². The van der Waals surface area contributed by atoms with E-state index in [1.807, 2.05) is 18.4 Å². The molecule has 27 heavy (non-hydrogen) atoms. The van der Waals surface area contributed by atoms with Crippen LogP contribution in [0, 0.1) is 0 Å². The lowest BCUT2D eigenvalue weighted by atomic mass is 10.2. The highest BCUT2D eigenvalue weighted by Crippen LogP contribution is 2.31. The normalized spacial score (nSPS) is 12.3. The molecule has 0 fully saturated rings. The first-order valence-corrected chi connectivity index (χ1v) is 9.17. The summed E-state index contributed by atoms with van der Waals surface area (Å²) in [6.07, 6.45) is -3.60. The number of rotatable bonds is 7. The van der Waals surface area contributed by atoms with Crippen LogP contribution in [0.1, 0.15) is 5.56 Å². The van der Waals surface area contributed by atoms with Crippen molar-refractivity contribution in [2.45, 2.75) is 17.2 Å². The quantitative estimate of drug-likeness (QED) is 0.615. The zero-order valence-electron chi connectivity index (χ0n) is 14.4. The van der Waals surface area contributed by atoms with Gasteiger partial charge in [0.2, 0.25) is 0 Å². The highest BCUT2D eigenvalue weighted by molar-refractivity contribution is 7.98. The zero-order chi connectivity index (χ0) is 19.9. The summed E-state index contributed by atoms with van der Waals surface area (Å²) in [5, 5.41) is 14.9. The SMILES string of the molecule is CSc1ccc(NC(=O)NCC(O)COc2cccc(C(F)(F)F)c2)cc1. The molecule has 2 amide bonds. The molecule has 0 spiro atoms. The number of carbonyl (C=O) groups excluding carboxylic acids is 1. The predicted molar refractivity (Wildman–Crippen MR) is 98.2 cm³/mol. The zero-order valence-corrected chi connectivity index (χ0v) is 15.2. The summed E-state index contributed by atoms with van der Waals surface area (Å²) in [5.74, 6) is -0.0118. The van der Waals surface area contributed by atoms with Crippen LogP contribution in [0.15, 0.2) is 53.4 Å². The number of ether oxygens (including phenoxy) is 1. The second-order valence-electron chi connectivity index (χ2n) is 5.55. The molecule has 0 aliphatic rings. The van der Waals surface area contributed by atoms with Crippen LogP contribution in [0.5, 0.6) is 5.75 Å². The van der Waals surface area contributed by atoms with E-state index in [2.05, 4.69) is 10.6 Å². The average Bonchev–Trinajstić information content (AvgIpc) is 2.65. The minimum atomic E-state index is -4.47. The van der Waals surface area contributed by atoms with Crippen molar-refractivity contribution in [3.05, 3.63) is 54.1 Å². The molecule has 0 aromatic heterocycles. The van der Waals surface area contributed by atoms with Crippen molar-refractivity contribution >= 4 is 23.5 Å². The van der Waals surface area contributed by atoms with Crippen LogP contribution in [0.3, 0.4) is 0 Å². The maximum atomic E-state index is 12.6. The van der Waals surface area contributed by atoms with E-state index in [-0.39, 0.29) is 18.9 Å². The van der Waals surface area contributed by atoms with Crippen LogP contribution < -0.4 is 15.4 Å². The summed E-state index contributed by atoms with van der Waals surface area (Å²) in [6.45, 7) is -0.377. The molecule has 0 aliphatic heterocycles. The molecule has 2 aromatic rings. The molecule has 0 radical (unpaired) electrons. The summed E-state index contributed by atoms with van der Waals surface area (Å²) >= 11 is 1.58. The number of carbonyl (C=O) groups is 1. The highest BCUT2D eigenvalue weighted by Gasteiger charge is 2.30. The van der Waals surface area contributed by atoms with E-state index >= 15 is 0 Å². The van der Waals surface area contributed by atoms with Gasteiger partial charge in [0, 0.05) is 17.1 Å². The Morgan fingerprint density at radius 1 is 1.22 bits per heavy atom. The van der Waals surface area contributed by atoms with Crippen molar-refractivity contribution in [2.24, 2.45) is 0 Å². The first kappa shape index (κ1) is 20.9. The lowest BCUT2D eigenvalue weighted by Crippen LogP contribution is -2.37. The molecule has 9 heteroatoms. The van der Waals surface area contributed by atoms with Gasteiger partial charge in [-0.3, -0.25) is 0 Å². The number of alkyl halides is 3. The Morgan fingerprint density at radius 3 is 2.56 bits per heavy atom. The van der Waals surface area contributed by atoms with Crippen molar-refractivity contribution in [3.8, 4) is 5.75 Å². The fraction of sp³-hybridized carbons (Fsp3) is 0.278. The van der Waals surface area contributed by atoms with Gasteiger partial charge in [0.15, 0.2) is 0 Å². The summed E-state index contributed by atoms with van der Waals surface area (Å²) in [6, 6.07) is 11.1. The Bertz CT molecular complexity index is 754. The van der Waals surface area contributed by atoms with Gasteiger partial charge in [-0.2, -0.15) is 13.2 Å². The number of nitrogens with one attached hydrogen (secondary N) is 2. The number of anilines is 1. The largest absolute Gasteiger partial charge is 0.491 e. The number of halogens is 3. The average molecular weight is 400 g/mol. The third-order valence-electron chi connectivity index (χ3n) is 3.45. The van der Waals surface area contributed by atoms with Gasteiger partial charge in [-0.25, -0.2) is 4.79 Å². The second kappa shape index (κ2) is 9.52. The number of benzene rings is 2. The van der Waals surface area contributed by atoms with E-state index in [1.165, 1.54) is 12.1 Å². The molecule has 5 nitrogen and oxygen atoms in total. The van der Waals surface area contributed by atoms with Crippen molar-refractivity contribution in [3.63, 3.8) is 0 Å². The van der Waals surface area contributed by atoms with Crippen molar-refractivity contribution < 1.29 is 27.8 Å². The smallest absolute Gasteiger partial charge is 0.416 e. The summed E-state index contributed by atoms with van der Waals surface area (Å²) < 4.78 is 43.1. The fourth-order valence-electron chi connectivity index (χ4n) is 2.07. The van der Waals surface area contributed by atoms with E-state index in [0.29, 0.717) is 5.69 Å². The molecule has 1 atom stereocenters. The lowest BCUT2D eigenvalue weighted by molar-refractivity contribution is -0.137. The van der Waals surface area contributed by atoms with Gasteiger partial charge in [-0.1, -0.05) is 6.07 Å². The summed E-state index contributed by atoms with van der Waals surface area (Å²) in [5.41, 5.74) is -0.237. The second-order valence-corrected chi connectivity index (χ2v) is 6.43. The topological polar surface area (TPSA) is 70.6 Å². The minimum absolute atomic E-state index is 0.0118. The van der Waals surface area contributed by atoms with E-state index in [0.717, 1.165) is 17.0 Å². The van der Waals surface area contributed by atoms with Gasteiger partial charge in [-0.15, -0.1) is 11.8 Å². The van der Waals surface area contributed by atoms with Gasteiger partial charge in [-0.05, 0) is 48.7 Å². The van der Waals surface area contributed by atoms with E-state index < -0.39 is 23.9 Å². The fourth-order valence-corrected chi connectivity index (χ4v) is 2.48. The van der Waals surface area contributed by atoms with Crippen LogP contribution in [-0.4, -0.2) is 36.6 Å². The Hall–Kier alpha value is -2.39. The molecule has 2 aromatic carbocycles. The Kier molecular flexibility index (Phi) is 7.37. The van der Waals surface area contributed by atoms with Crippen molar-refractivity contribution in [2.75, 3.05) is 24.7 Å². The standard InChI is InChI=1S/C18H19F3N2O3S/c1-27-16-7-5-13(6-8-16)23-17(25)22-10-14(24)11-26-15-4-2-3-12(9-15)18(19,20)21/h2-9,14,24H,10-11H2,1H3,(H2,22,23,25). The van der Waals surface area contributed by atoms with E-state index in [1.54, 1.807) is 23.9 Å². The lowest BCUT2D eigenvalue weighted by Gasteiger charge is -2.15. The van der Waals surface area contributed by atoms with E-state index in [4.69, 9.17) is 4.74 Å². The summed E-state index contributed by atoms with van der Waals surface area (Å²) in [4.78, 5) is 12.9. The van der Waals surface area contributed by atoms with Crippen LogP contribution in [-0.2, 0) is 6.18 Å². The molecule has 0 saturated carbocycles. The van der Waals surface area contributed by atoms with Gasteiger partial charge in [0.25, 0.3) is 0 Å². The number of aliphatic hydroxyl groups is 1. The third-order valence-corrected chi connectivity index (χ3v) is 4.19. The molecule has 3 N–H and O–H groups in total. The number of hydrogen-bond acceptors (Lipinski definition) is 4. The van der Waals surface area contributed by atoms with Crippen LogP contribution in [0.2, 0.25) is 0 Å². The minimum Gasteiger partial charge on any atom is -0.491 e.